The van der Waals surface area contributed by atoms with Crippen LogP contribution < -0.4 is 10.9 Å². The van der Waals surface area contributed by atoms with Gasteiger partial charge in [-0.25, -0.2) is 9.67 Å². The molecule has 8 heteroatoms. The molecule has 1 amide bonds. The number of hydrogen-bond donors (Lipinski definition) is 2. The maximum atomic E-state index is 12.6. The monoisotopic (exact) mass is 394 g/mol. The minimum Gasteiger partial charge on any atom is -0.310 e. The smallest absolute Gasteiger partial charge is 0.258 e. The van der Waals surface area contributed by atoms with Gasteiger partial charge in [-0.3, -0.25) is 14.5 Å². The highest BCUT2D eigenvalue weighted by atomic mass is 16.2. The van der Waals surface area contributed by atoms with Crippen molar-refractivity contribution in [2.75, 3.05) is 18.4 Å². The van der Waals surface area contributed by atoms with Crippen LogP contribution in [0.3, 0.4) is 0 Å². The van der Waals surface area contributed by atoms with E-state index < -0.39 is 0 Å². The van der Waals surface area contributed by atoms with E-state index in [0.29, 0.717) is 35.9 Å². The highest BCUT2D eigenvalue weighted by Gasteiger charge is 2.21. The Kier molecular flexibility index (Phi) is 5.71. The molecule has 1 aliphatic carbocycles. The van der Waals surface area contributed by atoms with Gasteiger partial charge in [-0.2, -0.15) is 5.10 Å². The van der Waals surface area contributed by atoms with Gasteiger partial charge in [-0.05, 0) is 31.5 Å². The summed E-state index contributed by atoms with van der Waals surface area (Å²) in [5.74, 6) is 1.20. The Balaban J connectivity index is 1.42. The summed E-state index contributed by atoms with van der Waals surface area (Å²) in [5.41, 5.74) is 0.499. The Morgan fingerprint density at radius 1 is 1.28 bits per heavy atom. The molecule has 3 aromatic rings. The largest absolute Gasteiger partial charge is 0.310 e. The van der Waals surface area contributed by atoms with Gasteiger partial charge in [-0.15, -0.1) is 0 Å². The number of nitrogens with zero attached hydrogens (tertiary/aromatic N) is 4. The summed E-state index contributed by atoms with van der Waals surface area (Å²) in [6, 6.07) is 9.46. The molecule has 152 valence electrons. The molecule has 1 fully saturated rings. The normalized spacial score (nSPS) is 14.7. The summed E-state index contributed by atoms with van der Waals surface area (Å²) in [4.78, 5) is 34.2. The molecule has 0 bridgehead atoms. The minimum absolute atomic E-state index is 0.102. The second-order valence-electron chi connectivity index (χ2n) is 7.48. The van der Waals surface area contributed by atoms with Crippen molar-refractivity contribution in [1.82, 2.24) is 24.6 Å². The SMILES string of the molecule is CCN(CC(=O)Nc1ccnn1C1CCCC1)Cc1nc2ccccc2c(=O)[nH]1. The number of para-hydroxylation sites is 1. The van der Waals surface area contributed by atoms with Crippen molar-refractivity contribution in [3.63, 3.8) is 0 Å². The maximum Gasteiger partial charge on any atom is 0.258 e. The first-order valence-electron chi connectivity index (χ1n) is 10.2. The van der Waals surface area contributed by atoms with Gasteiger partial charge in [0.05, 0.1) is 36.2 Å². The van der Waals surface area contributed by atoms with Gasteiger partial charge in [0.25, 0.3) is 5.56 Å². The number of nitrogens with one attached hydrogen (secondary N) is 2. The van der Waals surface area contributed by atoms with E-state index >= 15 is 0 Å². The number of aromatic nitrogens is 4. The minimum atomic E-state index is -0.161. The molecule has 1 aromatic carbocycles. The number of aromatic amines is 1. The quantitative estimate of drug-likeness (QED) is 0.642. The number of benzene rings is 1. The van der Waals surface area contributed by atoms with Gasteiger partial charge < -0.3 is 10.3 Å². The van der Waals surface area contributed by atoms with Crippen LogP contribution in [0.1, 0.15) is 44.5 Å². The van der Waals surface area contributed by atoms with Crippen LogP contribution in [-0.2, 0) is 11.3 Å². The van der Waals surface area contributed by atoms with Crippen LogP contribution >= 0.6 is 0 Å². The van der Waals surface area contributed by atoms with Gasteiger partial charge in [0.15, 0.2) is 0 Å². The lowest BCUT2D eigenvalue weighted by Gasteiger charge is -2.20. The highest BCUT2D eigenvalue weighted by molar-refractivity contribution is 5.91. The molecule has 0 unspecified atom stereocenters. The zero-order valence-electron chi connectivity index (χ0n) is 16.6. The van der Waals surface area contributed by atoms with Gasteiger partial charge in [0.1, 0.15) is 11.6 Å². The van der Waals surface area contributed by atoms with Crippen LogP contribution in [0.4, 0.5) is 5.82 Å². The average molecular weight is 394 g/mol. The summed E-state index contributed by atoms with van der Waals surface area (Å²) in [5, 5.41) is 7.95. The number of carbonyl (C=O) groups is 1. The maximum absolute atomic E-state index is 12.6. The van der Waals surface area contributed by atoms with E-state index in [-0.39, 0.29) is 18.0 Å². The number of amides is 1. The lowest BCUT2D eigenvalue weighted by Crippen LogP contribution is -2.34. The van der Waals surface area contributed by atoms with Crippen molar-refractivity contribution in [2.24, 2.45) is 0 Å². The fourth-order valence-electron chi connectivity index (χ4n) is 3.94. The number of likely N-dealkylation sites (N-methyl/N-ethyl adjacent to an activating group) is 1. The van der Waals surface area contributed by atoms with E-state index in [2.05, 4.69) is 20.4 Å². The molecule has 4 rings (SSSR count). The molecule has 2 N–H and O–H groups in total. The fraction of sp³-hybridized carbons (Fsp3) is 0.429. The molecule has 8 nitrogen and oxygen atoms in total. The zero-order valence-corrected chi connectivity index (χ0v) is 16.6. The molecule has 0 atom stereocenters. The van der Waals surface area contributed by atoms with E-state index in [0.717, 1.165) is 18.7 Å². The molecule has 0 saturated heterocycles. The van der Waals surface area contributed by atoms with Crippen molar-refractivity contribution in [2.45, 2.75) is 45.2 Å². The second kappa shape index (κ2) is 8.57. The van der Waals surface area contributed by atoms with Crippen molar-refractivity contribution in [3.8, 4) is 0 Å². The predicted octanol–water partition coefficient (Wildman–Crippen LogP) is 2.70. The van der Waals surface area contributed by atoms with Gasteiger partial charge in [0, 0.05) is 6.07 Å². The number of rotatable bonds is 7. The average Bonchev–Trinajstić information content (AvgIpc) is 3.39. The van der Waals surface area contributed by atoms with Crippen LogP contribution in [-0.4, -0.2) is 43.6 Å². The van der Waals surface area contributed by atoms with Crippen LogP contribution in [0.5, 0.6) is 0 Å². The molecule has 0 spiro atoms. The summed E-state index contributed by atoms with van der Waals surface area (Å²) < 4.78 is 1.93. The Labute approximate surface area is 168 Å². The molecule has 1 aliphatic rings. The third kappa shape index (κ3) is 4.37. The third-order valence-corrected chi connectivity index (χ3v) is 5.46. The molecule has 0 radical (unpaired) electrons. The van der Waals surface area contributed by atoms with E-state index in [9.17, 15) is 9.59 Å². The zero-order chi connectivity index (χ0) is 20.2. The molecule has 2 aromatic heterocycles. The Morgan fingerprint density at radius 2 is 2.07 bits per heavy atom. The summed E-state index contributed by atoms with van der Waals surface area (Å²) in [6.07, 6.45) is 6.35. The Hall–Kier alpha value is -3.00. The topological polar surface area (TPSA) is 95.9 Å². The first kappa shape index (κ1) is 19.3. The second-order valence-corrected chi connectivity index (χ2v) is 7.48. The van der Waals surface area contributed by atoms with E-state index in [4.69, 9.17) is 0 Å². The molecular weight excluding hydrogens is 368 g/mol. The standard InChI is InChI=1S/C21H26N6O2/c1-2-26(13-18-23-17-10-6-5-9-16(17)21(29)24-18)14-20(28)25-19-11-12-22-27(19)15-7-3-4-8-15/h5-6,9-12,15H,2-4,7-8,13-14H2,1H3,(H,25,28)(H,23,24,29). The molecule has 0 aliphatic heterocycles. The Bertz CT molecular complexity index is 1050. The Morgan fingerprint density at radius 3 is 2.86 bits per heavy atom. The van der Waals surface area contributed by atoms with Crippen molar-refractivity contribution in [3.05, 3.63) is 52.7 Å². The fourth-order valence-corrected chi connectivity index (χ4v) is 3.94. The van der Waals surface area contributed by atoms with Crippen LogP contribution in [0.2, 0.25) is 0 Å². The predicted molar refractivity (Wildman–Crippen MR) is 112 cm³/mol. The van der Waals surface area contributed by atoms with Gasteiger partial charge >= 0.3 is 0 Å². The lowest BCUT2D eigenvalue weighted by atomic mass is 10.2. The first-order valence-corrected chi connectivity index (χ1v) is 10.2. The van der Waals surface area contributed by atoms with E-state index in [1.165, 1.54) is 12.8 Å². The first-order chi connectivity index (χ1) is 14.1. The highest BCUT2D eigenvalue weighted by Crippen LogP contribution is 2.31. The van der Waals surface area contributed by atoms with Crippen LogP contribution in [0.25, 0.3) is 10.9 Å². The lowest BCUT2D eigenvalue weighted by molar-refractivity contribution is -0.117. The number of H-pyrrole nitrogens is 1. The van der Waals surface area contributed by atoms with Gasteiger partial charge in [0.2, 0.25) is 5.91 Å². The van der Waals surface area contributed by atoms with E-state index in [1.807, 2.05) is 40.8 Å². The molecule has 29 heavy (non-hydrogen) atoms. The van der Waals surface area contributed by atoms with Crippen LogP contribution in [0, 0.1) is 0 Å². The van der Waals surface area contributed by atoms with Crippen molar-refractivity contribution >= 4 is 22.6 Å². The summed E-state index contributed by atoms with van der Waals surface area (Å²) in [7, 11) is 0. The molecule has 1 saturated carbocycles. The van der Waals surface area contributed by atoms with Gasteiger partial charge in [-0.1, -0.05) is 31.9 Å². The third-order valence-electron chi connectivity index (χ3n) is 5.46. The number of carbonyl (C=O) groups excluding carboxylic acids is 1. The molecule has 2 heterocycles. The summed E-state index contributed by atoms with van der Waals surface area (Å²) in [6.45, 7) is 3.25. The van der Waals surface area contributed by atoms with Crippen molar-refractivity contribution < 1.29 is 4.79 Å². The van der Waals surface area contributed by atoms with Crippen LogP contribution in [0.15, 0.2) is 41.3 Å². The number of hydrogen-bond acceptors (Lipinski definition) is 5. The van der Waals surface area contributed by atoms with E-state index in [1.54, 1.807) is 12.3 Å². The molecular formula is C21H26N6O2. The number of anilines is 1. The number of fused-ring (bicyclic) bond motifs is 1. The van der Waals surface area contributed by atoms with Crippen molar-refractivity contribution in [1.29, 1.82) is 0 Å². The summed E-state index contributed by atoms with van der Waals surface area (Å²) >= 11 is 0.